The van der Waals surface area contributed by atoms with Gasteiger partial charge in [0, 0.05) is 5.56 Å². The van der Waals surface area contributed by atoms with Crippen molar-refractivity contribution in [2.24, 2.45) is 0 Å². The Bertz CT molecular complexity index is 717. The summed E-state index contributed by atoms with van der Waals surface area (Å²) in [5.41, 5.74) is 1.42. The molecule has 0 radical (unpaired) electrons. The molecule has 0 unspecified atom stereocenters. The van der Waals surface area contributed by atoms with Gasteiger partial charge in [0.1, 0.15) is 5.75 Å². The van der Waals surface area contributed by atoms with E-state index in [2.05, 4.69) is 0 Å². The molecular weight excluding hydrogens is 280 g/mol. The van der Waals surface area contributed by atoms with Gasteiger partial charge in [-0.3, -0.25) is 4.79 Å². The van der Waals surface area contributed by atoms with Gasteiger partial charge >= 0.3 is 5.97 Å². The van der Waals surface area contributed by atoms with Gasteiger partial charge in [0.2, 0.25) is 0 Å². The van der Waals surface area contributed by atoms with Gasteiger partial charge in [0.05, 0.1) is 17.2 Å². The number of ketones is 1. The molecule has 4 heteroatoms. The predicted molar refractivity (Wildman–Crippen MR) is 83.3 cm³/mol. The molecule has 0 heterocycles. The maximum atomic E-state index is 12.6. The largest absolute Gasteiger partial charge is 0.507 e. The van der Waals surface area contributed by atoms with E-state index in [4.69, 9.17) is 4.74 Å². The molecule has 0 saturated carbocycles. The summed E-state index contributed by atoms with van der Waals surface area (Å²) in [4.78, 5) is 24.7. The van der Waals surface area contributed by atoms with Gasteiger partial charge in [0.15, 0.2) is 5.78 Å². The van der Waals surface area contributed by atoms with Crippen LogP contribution in [0.25, 0.3) is 0 Å². The van der Waals surface area contributed by atoms with Crippen molar-refractivity contribution in [2.75, 3.05) is 0 Å². The monoisotopic (exact) mass is 298 g/mol. The molecule has 4 nitrogen and oxygen atoms in total. The van der Waals surface area contributed by atoms with Crippen LogP contribution in [-0.2, 0) is 4.74 Å². The molecular formula is C18H18O4. The fraction of sp³-hybridized carbons (Fsp3) is 0.222. The van der Waals surface area contributed by atoms with Crippen LogP contribution < -0.4 is 0 Å². The number of phenolic OH excluding ortho intramolecular Hbond substituents is 1. The topological polar surface area (TPSA) is 63.6 Å². The van der Waals surface area contributed by atoms with Crippen LogP contribution in [0.4, 0.5) is 0 Å². The Kier molecular flexibility index (Phi) is 4.61. The molecule has 22 heavy (non-hydrogen) atoms. The smallest absolute Gasteiger partial charge is 0.339 e. The van der Waals surface area contributed by atoms with E-state index < -0.39 is 11.8 Å². The molecule has 0 aliphatic carbocycles. The van der Waals surface area contributed by atoms with Gasteiger partial charge < -0.3 is 9.84 Å². The third-order valence-electron chi connectivity index (χ3n) is 3.13. The van der Waals surface area contributed by atoms with Crippen LogP contribution in [0, 0.1) is 6.92 Å². The number of hydrogen-bond acceptors (Lipinski definition) is 4. The first-order valence-corrected chi connectivity index (χ1v) is 7.04. The molecule has 1 N–H and O–H groups in total. The molecule has 0 aliphatic rings. The summed E-state index contributed by atoms with van der Waals surface area (Å²) in [5, 5.41) is 9.96. The third-order valence-corrected chi connectivity index (χ3v) is 3.13. The second kappa shape index (κ2) is 6.43. The van der Waals surface area contributed by atoms with Crippen molar-refractivity contribution < 1.29 is 19.4 Å². The molecule has 0 fully saturated rings. The lowest BCUT2D eigenvalue weighted by atomic mass is 9.97. The number of ether oxygens (including phenoxy) is 1. The second-order valence-electron chi connectivity index (χ2n) is 5.35. The summed E-state index contributed by atoms with van der Waals surface area (Å²) in [6.45, 7) is 5.31. The van der Waals surface area contributed by atoms with Crippen LogP contribution in [0.2, 0.25) is 0 Å². The SMILES string of the molecule is Cc1ccc(C(=O)c2ccccc2C(=O)OC(C)C)c(O)c1. The molecule has 0 aromatic heterocycles. The van der Waals surface area contributed by atoms with Crippen molar-refractivity contribution in [2.45, 2.75) is 26.9 Å². The lowest BCUT2D eigenvalue weighted by molar-refractivity contribution is 0.0375. The lowest BCUT2D eigenvalue weighted by Gasteiger charge is -2.12. The molecule has 0 atom stereocenters. The van der Waals surface area contributed by atoms with Gasteiger partial charge in [-0.2, -0.15) is 0 Å². The molecule has 2 rings (SSSR count). The van der Waals surface area contributed by atoms with Crippen molar-refractivity contribution in [3.8, 4) is 5.75 Å². The highest BCUT2D eigenvalue weighted by Gasteiger charge is 2.21. The van der Waals surface area contributed by atoms with Gasteiger partial charge in [-0.15, -0.1) is 0 Å². The lowest BCUT2D eigenvalue weighted by Crippen LogP contribution is -2.16. The van der Waals surface area contributed by atoms with Crippen LogP contribution >= 0.6 is 0 Å². The number of esters is 1. The number of benzene rings is 2. The Morgan fingerprint density at radius 3 is 2.23 bits per heavy atom. The van der Waals surface area contributed by atoms with E-state index in [0.29, 0.717) is 0 Å². The first kappa shape index (κ1) is 15.8. The highest BCUT2D eigenvalue weighted by Crippen LogP contribution is 2.24. The number of rotatable bonds is 4. The van der Waals surface area contributed by atoms with Crippen molar-refractivity contribution in [1.29, 1.82) is 0 Å². The van der Waals surface area contributed by atoms with Crippen LogP contribution in [-0.4, -0.2) is 23.0 Å². The van der Waals surface area contributed by atoms with Gasteiger partial charge in [-0.05, 0) is 44.5 Å². The zero-order chi connectivity index (χ0) is 16.3. The van der Waals surface area contributed by atoms with E-state index in [9.17, 15) is 14.7 Å². The third kappa shape index (κ3) is 3.34. The summed E-state index contributed by atoms with van der Waals surface area (Å²) >= 11 is 0. The zero-order valence-electron chi connectivity index (χ0n) is 12.8. The van der Waals surface area contributed by atoms with E-state index in [1.54, 1.807) is 50.2 Å². The number of aryl methyl sites for hydroxylation is 1. The second-order valence-corrected chi connectivity index (χ2v) is 5.35. The van der Waals surface area contributed by atoms with Crippen molar-refractivity contribution in [1.82, 2.24) is 0 Å². The van der Waals surface area contributed by atoms with Crippen LogP contribution in [0.1, 0.15) is 45.7 Å². The molecule has 0 amide bonds. The summed E-state index contributed by atoms with van der Waals surface area (Å²) in [5.74, 6) is -1.06. The van der Waals surface area contributed by atoms with Crippen LogP contribution in [0.15, 0.2) is 42.5 Å². The van der Waals surface area contributed by atoms with E-state index in [-0.39, 0.29) is 28.5 Å². The molecule has 2 aromatic rings. The summed E-state index contributed by atoms with van der Waals surface area (Å²) in [6.07, 6.45) is -0.275. The van der Waals surface area contributed by atoms with Gasteiger partial charge in [0.25, 0.3) is 0 Å². The van der Waals surface area contributed by atoms with E-state index in [0.717, 1.165) is 5.56 Å². The minimum atomic E-state index is -0.550. The number of aromatic hydroxyl groups is 1. The Balaban J connectivity index is 2.44. The fourth-order valence-electron chi connectivity index (χ4n) is 2.12. The average Bonchev–Trinajstić information content (AvgIpc) is 2.46. The Morgan fingerprint density at radius 2 is 1.64 bits per heavy atom. The molecule has 0 saturated heterocycles. The number of carbonyl (C=O) groups is 2. The standard InChI is InChI=1S/C18H18O4/c1-11(2)22-18(21)14-7-5-4-6-13(14)17(20)15-9-8-12(3)10-16(15)19/h4-11,19H,1-3H3. The maximum Gasteiger partial charge on any atom is 0.339 e. The van der Waals surface area contributed by atoms with Gasteiger partial charge in [-0.1, -0.05) is 24.3 Å². The molecule has 114 valence electrons. The zero-order valence-corrected chi connectivity index (χ0v) is 12.8. The van der Waals surface area contributed by atoms with E-state index >= 15 is 0 Å². The van der Waals surface area contributed by atoms with E-state index in [1.807, 2.05) is 6.92 Å². The van der Waals surface area contributed by atoms with Gasteiger partial charge in [-0.25, -0.2) is 4.79 Å². The minimum absolute atomic E-state index is 0.1000. The van der Waals surface area contributed by atoms with Crippen molar-refractivity contribution in [3.05, 3.63) is 64.7 Å². The van der Waals surface area contributed by atoms with E-state index in [1.165, 1.54) is 6.07 Å². The summed E-state index contributed by atoms with van der Waals surface area (Å²) in [7, 11) is 0. The first-order valence-electron chi connectivity index (χ1n) is 7.04. The Labute approximate surface area is 129 Å². The highest BCUT2D eigenvalue weighted by molar-refractivity contribution is 6.15. The Morgan fingerprint density at radius 1 is 1.00 bits per heavy atom. The first-order chi connectivity index (χ1) is 10.4. The van der Waals surface area contributed by atoms with Crippen LogP contribution in [0.3, 0.4) is 0 Å². The molecule has 0 bridgehead atoms. The molecule has 0 aliphatic heterocycles. The molecule has 2 aromatic carbocycles. The predicted octanol–water partition coefficient (Wildman–Crippen LogP) is 3.50. The number of hydrogen-bond donors (Lipinski definition) is 1. The summed E-state index contributed by atoms with van der Waals surface area (Å²) < 4.78 is 5.16. The Hall–Kier alpha value is -2.62. The minimum Gasteiger partial charge on any atom is -0.507 e. The highest BCUT2D eigenvalue weighted by atomic mass is 16.5. The maximum absolute atomic E-state index is 12.6. The van der Waals surface area contributed by atoms with Crippen molar-refractivity contribution >= 4 is 11.8 Å². The number of carbonyl (C=O) groups excluding carboxylic acids is 2. The quantitative estimate of drug-likeness (QED) is 0.693. The fourth-order valence-corrected chi connectivity index (χ4v) is 2.12. The number of phenols is 1. The normalized spacial score (nSPS) is 10.5. The van der Waals surface area contributed by atoms with Crippen LogP contribution in [0.5, 0.6) is 5.75 Å². The average molecular weight is 298 g/mol. The van der Waals surface area contributed by atoms with Crippen molar-refractivity contribution in [3.63, 3.8) is 0 Å². The molecule has 0 spiro atoms. The summed E-state index contributed by atoms with van der Waals surface area (Å²) in [6, 6.07) is 11.2.